The fraction of sp³-hybridized carbons (Fsp3) is 0.222. The van der Waals surface area contributed by atoms with E-state index in [9.17, 15) is 4.79 Å². The van der Waals surface area contributed by atoms with Gasteiger partial charge in [-0.2, -0.15) is 0 Å². The Kier molecular flexibility index (Phi) is 7.62. The molecule has 1 N–H and O–H groups in total. The van der Waals surface area contributed by atoms with Crippen LogP contribution in [0.1, 0.15) is 12.0 Å². The van der Waals surface area contributed by atoms with Crippen molar-refractivity contribution in [1.82, 2.24) is 0 Å². The molecule has 0 saturated heterocycles. The van der Waals surface area contributed by atoms with Crippen LogP contribution in [0, 0.1) is 0 Å². The maximum absolute atomic E-state index is 10.2. The quantitative estimate of drug-likeness (QED) is 0.901. The summed E-state index contributed by atoms with van der Waals surface area (Å²) in [5.41, 5.74) is 1.08. The van der Waals surface area contributed by atoms with Gasteiger partial charge in [0.1, 0.15) is 0 Å². The van der Waals surface area contributed by atoms with Gasteiger partial charge in [0.25, 0.3) is 0 Å². The molecule has 2 nitrogen and oxygen atoms in total. The second-order valence-electron chi connectivity index (χ2n) is 2.38. The van der Waals surface area contributed by atoms with Crippen molar-refractivity contribution in [3.63, 3.8) is 0 Å². The minimum atomic E-state index is -0.742. The Balaban J connectivity index is 0.00000121. The first kappa shape index (κ1) is 12.7. The normalized spacial score (nSPS) is 8.67. The van der Waals surface area contributed by atoms with Crippen LogP contribution in [0.15, 0.2) is 30.3 Å². The van der Waals surface area contributed by atoms with Gasteiger partial charge < -0.3 is 5.11 Å². The van der Waals surface area contributed by atoms with E-state index >= 15 is 0 Å². The molecule has 0 atom stereocenters. The molecule has 0 heterocycles. The molecule has 1 aromatic rings. The summed E-state index contributed by atoms with van der Waals surface area (Å²) in [5, 5.41) is 8.37. The molecular weight excluding hydrogens is 273 g/mol. The fourth-order valence-electron chi connectivity index (χ4n) is 0.896. The summed E-state index contributed by atoms with van der Waals surface area (Å²) in [6, 6.07) is 9.62. The number of hydrogen-bond acceptors (Lipinski definition) is 1. The Morgan fingerprint density at radius 1 is 1.25 bits per heavy atom. The van der Waals surface area contributed by atoms with Gasteiger partial charge in [-0.25, -0.2) is 0 Å². The summed E-state index contributed by atoms with van der Waals surface area (Å²) in [5.74, 6) is -0.742. The van der Waals surface area contributed by atoms with Crippen LogP contribution >= 0.6 is 0 Å². The molecule has 0 saturated carbocycles. The van der Waals surface area contributed by atoms with Gasteiger partial charge >= 0.3 is 74.9 Å². The van der Waals surface area contributed by atoms with Crippen molar-refractivity contribution in [1.29, 1.82) is 0 Å². The molecule has 3 heteroatoms. The van der Waals surface area contributed by atoms with E-state index in [1.165, 1.54) is 0 Å². The SMILES string of the molecule is O=C(O)CCc1ccccc1.[CsH]. The van der Waals surface area contributed by atoms with Crippen molar-refractivity contribution >= 4 is 74.9 Å². The molecule has 0 spiro atoms. The molecule has 0 aliphatic rings. The van der Waals surface area contributed by atoms with Gasteiger partial charge in [0.2, 0.25) is 0 Å². The molecule has 0 amide bonds. The van der Waals surface area contributed by atoms with Crippen molar-refractivity contribution in [2.24, 2.45) is 0 Å². The fourth-order valence-corrected chi connectivity index (χ4v) is 0.896. The zero-order chi connectivity index (χ0) is 8.10. The molecule has 0 bridgehead atoms. The van der Waals surface area contributed by atoms with E-state index in [2.05, 4.69) is 0 Å². The van der Waals surface area contributed by atoms with Gasteiger partial charge in [-0.3, -0.25) is 4.79 Å². The number of benzene rings is 1. The predicted octanol–water partition coefficient (Wildman–Crippen LogP) is 1.06. The van der Waals surface area contributed by atoms with Crippen LogP contribution in [0.25, 0.3) is 0 Å². The third-order valence-electron chi connectivity index (χ3n) is 1.47. The van der Waals surface area contributed by atoms with Crippen molar-refractivity contribution in [3.8, 4) is 0 Å². The van der Waals surface area contributed by atoms with Gasteiger partial charge in [-0.05, 0) is 12.0 Å². The summed E-state index contributed by atoms with van der Waals surface area (Å²) in [7, 11) is 0. The van der Waals surface area contributed by atoms with Gasteiger partial charge in [0.05, 0.1) is 0 Å². The van der Waals surface area contributed by atoms with E-state index in [-0.39, 0.29) is 75.3 Å². The van der Waals surface area contributed by atoms with Crippen LogP contribution in [0.3, 0.4) is 0 Å². The van der Waals surface area contributed by atoms with Crippen LogP contribution in [-0.2, 0) is 11.2 Å². The van der Waals surface area contributed by atoms with E-state index in [1.807, 2.05) is 30.3 Å². The summed E-state index contributed by atoms with van der Waals surface area (Å²) in [6.07, 6.45) is 0.834. The molecule has 0 aliphatic carbocycles. The van der Waals surface area contributed by atoms with Crippen LogP contribution < -0.4 is 0 Å². The number of rotatable bonds is 3. The van der Waals surface area contributed by atoms with Crippen LogP contribution in [0.2, 0.25) is 0 Å². The number of carboxylic acids is 1. The maximum atomic E-state index is 10.2. The standard InChI is InChI=1S/C9H10O2.Cs.H/c10-9(11)7-6-8-4-2-1-3-5-8;;/h1-5H,6-7H2,(H,10,11);;. The van der Waals surface area contributed by atoms with Gasteiger partial charge in [-0.1, -0.05) is 30.3 Å². The van der Waals surface area contributed by atoms with Crippen molar-refractivity contribution in [2.75, 3.05) is 0 Å². The molecule has 0 fully saturated rings. The average molecular weight is 284 g/mol. The number of hydrogen-bond donors (Lipinski definition) is 1. The molecule has 1 aromatic carbocycles. The summed E-state index contributed by atoms with van der Waals surface area (Å²) >= 11 is 0. The summed E-state index contributed by atoms with van der Waals surface area (Å²) in [4.78, 5) is 10.2. The Labute approximate surface area is 131 Å². The molecule has 0 unspecified atom stereocenters. The first-order valence-electron chi connectivity index (χ1n) is 3.55. The summed E-state index contributed by atoms with van der Waals surface area (Å²) < 4.78 is 0. The number of aliphatic carboxylic acids is 1. The Morgan fingerprint density at radius 3 is 2.33 bits per heavy atom. The molecule has 12 heavy (non-hydrogen) atoms. The van der Waals surface area contributed by atoms with E-state index in [0.29, 0.717) is 6.42 Å². The van der Waals surface area contributed by atoms with Crippen molar-refractivity contribution < 1.29 is 9.90 Å². The van der Waals surface area contributed by atoms with Crippen molar-refractivity contribution in [3.05, 3.63) is 35.9 Å². The first-order valence-corrected chi connectivity index (χ1v) is 3.55. The number of aryl methyl sites for hydroxylation is 1. The zero-order valence-corrected chi connectivity index (χ0v) is 6.16. The van der Waals surface area contributed by atoms with Crippen LogP contribution in [0.4, 0.5) is 0 Å². The number of carbonyl (C=O) groups is 1. The average Bonchev–Trinajstić information content (AvgIpc) is 2.03. The van der Waals surface area contributed by atoms with E-state index in [1.54, 1.807) is 0 Å². The number of carboxylic acid groups (broad SMARTS) is 1. The van der Waals surface area contributed by atoms with Crippen molar-refractivity contribution in [2.45, 2.75) is 12.8 Å². The van der Waals surface area contributed by atoms with Crippen LogP contribution in [0.5, 0.6) is 0 Å². The Bertz CT molecular complexity index is 234. The zero-order valence-electron chi connectivity index (χ0n) is 6.16. The monoisotopic (exact) mass is 284 g/mol. The topological polar surface area (TPSA) is 37.3 Å². The Hall–Kier alpha value is 0.742. The molecule has 0 aliphatic heterocycles. The molecule has 0 radical (unpaired) electrons. The molecule has 0 aromatic heterocycles. The third kappa shape index (κ3) is 5.40. The van der Waals surface area contributed by atoms with Crippen LogP contribution in [-0.4, -0.2) is 80.0 Å². The van der Waals surface area contributed by atoms with E-state index in [0.717, 1.165) is 5.56 Å². The molecule has 1 rings (SSSR count). The van der Waals surface area contributed by atoms with Gasteiger partial charge in [0.15, 0.2) is 0 Å². The Morgan fingerprint density at radius 2 is 1.83 bits per heavy atom. The van der Waals surface area contributed by atoms with Gasteiger partial charge in [0, 0.05) is 6.42 Å². The molecule has 60 valence electrons. The summed E-state index contributed by atoms with van der Waals surface area (Å²) in [6.45, 7) is 0. The van der Waals surface area contributed by atoms with Gasteiger partial charge in [-0.15, -0.1) is 0 Å². The second-order valence-corrected chi connectivity index (χ2v) is 2.38. The third-order valence-corrected chi connectivity index (χ3v) is 1.47. The molecular formula is C9H11CsO2. The second kappa shape index (κ2) is 7.17. The van der Waals surface area contributed by atoms with E-state index in [4.69, 9.17) is 5.11 Å². The first-order chi connectivity index (χ1) is 5.29. The predicted molar refractivity (Wildman–Crippen MR) is 49.5 cm³/mol. The van der Waals surface area contributed by atoms with E-state index < -0.39 is 5.97 Å². The minimum absolute atomic E-state index is 0.